The number of rotatable bonds is 4. The zero-order valence-corrected chi connectivity index (χ0v) is 25.1. The van der Waals surface area contributed by atoms with Crippen LogP contribution in [-0.2, 0) is 23.8 Å². The predicted octanol–water partition coefficient (Wildman–Crippen LogP) is 4.56. The van der Waals surface area contributed by atoms with Gasteiger partial charge in [0.05, 0.1) is 25.0 Å². The van der Waals surface area contributed by atoms with Gasteiger partial charge < -0.3 is 4.74 Å². The lowest BCUT2D eigenvalue weighted by Gasteiger charge is -2.22. The summed E-state index contributed by atoms with van der Waals surface area (Å²) in [5, 5.41) is 0.138. The fraction of sp³-hybridized carbons (Fsp3) is 0.333. The average molecular weight is 686 g/mol. The predicted molar refractivity (Wildman–Crippen MR) is 144 cm³/mol. The Morgan fingerprint density at radius 3 is 1.92 bits per heavy atom. The summed E-state index contributed by atoms with van der Waals surface area (Å²) in [4.78, 5) is 8.04. The lowest BCUT2D eigenvalue weighted by molar-refractivity contribution is 0.180. The van der Waals surface area contributed by atoms with E-state index in [0.717, 1.165) is 15.4 Å². The Morgan fingerprint density at radius 2 is 1.44 bits per heavy atom. The first kappa shape index (κ1) is 29.0. The molecule has 0 aromatic carbocycles. The van der Waals surface area contributed by atoms with Crippen molar-refractivity contribution in [2.75, 3.05) is 20.3 Å². The Morgan fingerprint density at radius 1 is 0.944 bits per heavy atom. The Kier molecular flexibility index (Phi) is 9.57. The second kappa shape index (κ2) is 11.9. The van der Waals surface area contributed by atoms with Gasteiger partial charge in [-0.2, -0.15) is 4.31 Å². The summed E-state index contributed by atoms with van der Waals surface area (Å²) in [5.74, 6) is 0. The Hall–Kier alpha value is -1.55. The van der Waals surface area contributed by atoms with Gasteiger partial charge in [0.15, 0.2) is 10.1 Å². The highest BCUT2D eigenvalue weighted by molar-refractivity contribution is 9.10. The first-order valence-corrected chi connectivity index (χ1v) is 16.1. The van der Waals surface area contributed by atoms with Crippen molar-refractivity contribution in [3.8, 4) is 0 Å². The fourth-order valence-corrected chi connectivity index (χ4v) is 6.40. The van der Waals surface area contributed by atoms with Crippen LogP contribution in [0.4, 0.5) is 0 Å². The zero-order valence-electron chi connectivity index (χ0n) is 19.5. The van der Waals surface area contributed by atoms with Crippen LogP contribution in [0.2, 0.25) is 0 Å². The summed E-state index contributed by atoms with van der Waals surface area (Å²) in [6.07, 6.45) is 6.63. The van der Waals surface area contributed by atoms with Crippen LogP contribution in [-0.4, -0.2) is 66.2 Å². The molecule has 36 heavy (non-hydrogen) atoms. The second-order valence-corrected chi connectivity index (χ2v) is 13.6. The molecule has 5 heterocycles. The molecule has 0 amide bonds. The lowest BCUT2D eigenvalue weighted by atomic mass is 10.3. The number of imidazole rings is 2. The van der Waals surface area contributed by atoms with Gasteiger partial charge in [0.2, 0.25) is 0 Å². The first-order chi connectivity index (χ1) is 17.0. The molecule has 4 aromatic heterocycles. The van der Waals surface area contributed by atoms with E-state index in [1.54, 1.807) is 42.0 Å². The number of hydrogen-bond acceptors (Lipinski definition) is 7. The number of sulfonamides is 1. The maximum atomic E-state index is 12.7. The van der Waals surface area contributed by atoms with Gasteiger partial charge in [-0.3, -0.25) is 8.80 Å². The van der Waals surface area contributed by atoms with E-state index >= 15 is 0 Å². The van der Waals surface area contributed by atoms with Gasteiger partial charge in [-0.25, -0.2) is 26.8 Å². The minimum atomic E-state index is -3.75. The molecule has 0 spiro atoms. The highest BCUT2D eigenvalue weighted by Crippen LogP contribution is 2.23. The molecule has 5 rings (SSSR count). The van der Waals surface area contributed by atoms with Gasteiger partial charge in [-0.15, -0.1) is 0 Å². The van der Waals surface area contributed by atoms with Crippen LogP contribution < -0.4 is 0 Å². The van der Waals surface area contributed by atoms with Crippen molar-refractivity contribution in [1.82, 2.24) is 23.1 Å². The van der Waals surface area contributed by atoms with E-state index in [-0.39, 0.29) is 16.1 Å². The Balaban J connectivity index is 0.000000198. The molecule has 1 unspecified atom stereocenters. The summed E-state index contributed by atoms with van der Waals surface area (Å²) < 4.78 is 58.8. The van der Waals surface area contributed by atoms with Crippen LogP contribution in [0.15, 0.2) is 68.1 Å². The van der Waals surface area contributed by atoms with E-state index < -0.39 is 19.1 Å². The SMILES string of the molecule is CC.CN(C1CCOC1)S(=O)(=O)c1cnc2ccc(Br)cn12.O=S(=O)(Cl)c1cnc2ccc(Br)cn12. The largest absolute Gasteiger partial charge is 0.380 e. The smallest absolute Gasteiger partial charge is 0.278 e. The van der Waals surface area contributed by atoms with Gasteiger partial charge >= 0.3 is 0 Å². The number of fused-ring (bicyclic) bond motifs is 2. The summed E-state index contributed by atoms with van der Waals surface area (Å²) >= 11 is 6.58. The molecule has 0 radical (unpaired) electrons. The first-order valence-electron chi connectivity index (χ1n) is 10.7. The maximum Gasteiger partial charge on any atom is 0.278 e. The van der Waals surface area contributed by atoms with Crippen molar-refractivity contribution in [1.29, 1.82) is 0 Å². The van der Waals surface area contributed by atoms with Gasteiger partial charge in [0.1, 0.15) is 11.3 Å². The minimum Gasteiger partial charge on any atom is -0.380 e. The van der Waals surface area contributed by atoms with Crippen LogP contribution in [0.5, 0.6) is 0 Å². The van der Waals surface area contributed by atoms with E-state index in [4.69, 9.17) is 15.4 Å². The number of aromatic nitrogens is 4. The molecule has 1 aliphatic heterocycles. The second-order valence-electron chi connectivity index (χ2n) is 7.32. The van der Waals surface area contributed by atoms with E-state index in [2.05, 4.69) is 41.8 Å². The molecule has 15 heteroatoms. The van der Waals surface area contributed by atoms with E-state index in [9.17, 15) is 16.8 Å². The monoisotopic (exact) mass is 683 g/mol. The van der Waals surface area contributed by atoms with Crippen LogP contribution in [0, 0.1) is 0 Å². The average Bonchev–Trinajstić information content (AvgIpc) is 3.58. The van der Waals surface area contributed by atoms with Crippen molar-refractivity contribution < 1.29 is 21.6 Å². The summed E-state index contributed by atoms with van der Waals surface area (Å²) in [6.45, 7) is 5.04. The van der Waals surface area contributed by atoms with Gasteiger partial charge in [-0.05, 0) is 62.5 Å². The number of pyridine rings is 2. The Labute approximate surface area is 231 Å². The van der Waals surface area contributed by atoms with Crippen LogP contribution >= 0.6 is 42.5 Å². The number of likely N-dealkylation sites (N-methyl/N-ethyl adjacent to an activating group) is 1. The van der Waals surface area contributed by atoms with E-state index in [1.807, 2.05) is 19.9 Å². The van der Waals surface area contributed by atoms with E-state index in [0.29, 0.717) is 24.5 Å². The number of nitrogens with zero attached hydrogens (tertiary/aromatic N) is 5. The normalized spacial score (nSPS) is 16.0. The van der Waals surface area contributed by atoms with Crippen LogP contribution in [0.1, 0.15) is 20.3 Å². The maximum absolute atomic E-state index is 12.7. The lowest BCUT2D eigenvalue weighted by Crippen LogP contribution is -2.37. The van der Waals surface area contributed by atoms with E-state index in [1.165, 1.54) is 21.1 Å². The number of halogens is 3. The molecule has 1 aliphatic rings. The standard InChI is InChI=1S/C12H14BrN3O3S.C7H4BrClN2O2S.C2H6/c1-15(10-4-5-19-8-10)20(17,18)12-6-14-11-3-2-9(13)7-16(11)12;8-5-1-2-6-10-3-7(11(6)4-5)14(9,12)13;1-2/h2-3,6-7,10H,4-5,8H2,1H3;1-4H;1-2H3. The van der Waals surface area contributed by atoms with Crippen LogP contribution in [0.3, 0.4) is 0 Å². The van der Waals surface area contributed by atoms with Crippen molar-refractivity contribution in [3.05, 3.63) is 58.0 Å². The third-order valence-corrected chi connectivity index (χ3v) is 9.29. The summed E-state index contributed by atoms with van der Waals surface area (Å²) in [6, 6.07) is 6.94. The molecule has 0 bridgehead atoms. The number of hydrogen-bond donors (Lipinski definition) is 0. The highest BCUT2D eigenvalue weighted by Gasteiger charge is 2.32. The molecule has 0 N–H and O–H groups in total. The molecule has 196 valence electrons. The molecular weight excluding hydrogens is 662 g/mol. The summed E-state index contributed by atoms with van der Waals surface area (Å²) in [7, 11) is -0.524. The fourth-order valence-electron chi connectivity index (χ4n) is 3.39. The molecule has 0 saturated carbocycles. The van der Waals surface area contributed by atoms with Crippen molar-refractivity contribution in [3.63, 3.8) is 0 Å². The molecule has 1 saturated heterocycles. The quantitative estimate of drug-likeness (QED) is 0.290. The molecule has 1 atom stereocenters. The molecular formula is C21H24Br2ClN5O5S2. The third-order valence-electron chi connectivity index (χ3n) is 5.18. The topological polar surface area (TPSA) is 115 Å². The van der Waals surface area contributed by atoms with Crippen molar-refractivity contribution in [2.24, 2.45) is 0 Å². The zero-order chi connectivity index (χ0) is 26.7. The molecule has 1 fully saturated rings. The van der Waals surface area contributed by atoms with Crippen molar-refractivity contribution >= 4 is 72.9 Å². The molecule has 4 aromatic rings. The third kappa shape index (κ3) is 6.29. The van der Waals surface area contributed by atoms with Gasteiger partial charge in [0, 0.05) is 45.7 Å². The van der Waals surface area contributed by atoms with Gasteiger partial charge in [-0.1, -0.05) is 13.8 Å². The molecule has 10 nitrogen and oxygen atoms in total. The number of ether oxygens (including phenoxy) is 1. The highest BCUT2D eigenvalue weighted by atomic mass is 79.9. The minimum absolute atomic E-state index is 0.0320. The summed E-state index contributed by atoms with van der Waals surface area (Å²) in [5.41, 5.74) is 1.13. The Bertz CT molecular complexity index is 1570. The van der Waals surface area contributed by atoms with Crippen molar-refractivity contribution in [2.45, 2.75) is 36.4 Å². The van der Waals surface area contributed by atoms with Gasteiger partial charge in [0.25, 0.3) is 19.1 Å². The van der Waals surface area contributed by atoms with Crippen LogP contribution in [0.25, 0.3) is 11.3 Å². The molecule has 0 aliphatic carbocycles.